The van der Waals surface area contributed by atoms with Crippen LogP contribution in [0.2, 0.25) is 0 Å². The number of fused-ring (bicyclic) bond motifs is 4. The van der Waals surface area contributed by atoms with E-state index in [2.05, 4.69) is 111 Å². The van der Waals surface area contributed by atoms with E-state index in [1.54, 1.807) is 11.9 Å². The monoisotopic (exact) mass is 1140 g/mol. The zero-order valence-corrected chi connectivity index (χ0v) is 47.9. The van der Waals surface area contributed by atoms with Crippen LogP contribution in [0.25, 0.3) is 17.7 Å². The maximum Gasteiger partial charge on any atom is 0.328 e. The number of anilines is 1. The molecule has 1 saturated carbocycles. The van der Waals surface area contributed by atoms with E-state index in [1.165, 1.54) is 57.2 Å². The molecule has 2 aliphatic carbocycles. The van der Waals surface area contributed by atoms with E-state index in [-0.39, 0.29) is 60.7 Å². The molecule has 21 nitrogen and oxygen atoms in total. The van der Waals surface area contributed by atoms with Crippen LogP contribution in [0.1, 0.15) is 147 Å². The van der Waals surface area contributed by atoms with E-state index >= 15 is 0 Å². The van der Waals surface area contributed by atoms with Crippen LogP contribution in [-0.2, 0) is 43.5 Å². The summed E-state index contributed by atoms with van der Waals surface area (Å²) in [5.41, 5.74) is 9.43. The number of carbonyl (C=O) groups excluding carboxylic acids is 2. The molecule has 79 heavy (non-hydrogen) atoms. The first-order valence-electron chi connectivity index (χ1n) is 26.6. The summed E-state index contributed by atoms with van der Waals surface area (Å²) in [6.07, 6.45) is 10.6. The second-order valence-corrected chi connectivity index (χ2v) is 26.6. The van der Waals surface area contributed by atoms with Crippen LogP contribution in [-0.4, -0.2) is 89.4 Å². The second-order valence-electron chi connectivity index (χ2n) is 22.4. The Morgan fingerprint density at radius 3 is 2.49 bits per heavy atom. The number of nitrogens with one attached hydrogen (secondary N) is 2. The highest BCUT2D eigenvalue weighted by Gasteiger charge is 2.43. The summed E-state index contributed by atoms with van der Waals surface area (Å²) in [4.78, 5) is 105. The molecule has 3 N–H and O–H groups in total. The van der Waals surface area contributed by atoms with Crippen LogP contribution < -0.4 is 56.2 Å². The van der Waals surface area contributed by atoms with Crippen molar-refractivity contribution in [2.75, 3.05) is 51.3 Å². The summed E-state index contributed by atoms with van der Waals surface area (Å²) in [6, 6.07) is 14.3. The quantitative estimate of drug-likeness (QED) is 0.0953. The standard InChI is InChI=1S/C55H69N6O15P3/c1-8-61-45-29-44-42(28-41(45)33(2)30-54(61,3)4)48(43-26-34-16-12-23-59-24-13-19-40(50(34)59)49(43)55(44,5)6)38-17-9-10-18-39(38)52(65)58(7)22-14-20-47(63)56-21-11-15-35-31-60(53(66)57-51(35)64)37-25-36(46(62)27-37)32-74-78(70,71)76-79(72,73)75-77(67,68)69/h9-12,15-18,26,28-29,31,33,36-37,46,62H,8,13-14,19-25,27,30,32H2,1-7H3,(H5-,56,57,63,64,66,67,68,69,70,71,72,73)/p-3/b15-11+/t33?,36-,37-,46+/m1/s1. The fourth-order valence-corrected chi connectivity index (χ4v) is 15.7. The maximum atomic E-state index is 14.8. The fourth-order valence-electron chi connectivity index (χ4n) is 12.8. The second kappa shape index (κ2) is 22.2. The number of H-pyrrole nitrogens is 1. The number of phosphoric acid groups is 3. The number of aliphatic hydroxyl groups excluding tert-OH is 1. The van der Waals surface area contributed by atoms with Gasteiger partial charge >= 0.3 is 5.69 Å². The summed E-state index contributed by atoms with van der Waals surface area (Å²) in [5.74, 6) is -1.18. The first-order chi connectivity index (χ1) is 37.1. The molecular weight excluding hydrogens is 1080 g/mol. The average molecular weight is 1140 g/mol. The van der Waals surface area contributed by atoms with Gasteiger partial charge in [-0.2, -0.15) is 0 Å². The lowest BCUT2D eigenvalue weighted by Crippen LogP contribution is -2.49. The lowest BCUT2D eigenvalue weighted by Gasteiger charge is -2.48. The zero-order chi connectivity index (χ0) is 57.1. The number of carbonyl (C=O) groups is 2. The average Bonchev–Trinajstić information content (AvgIpc) is 3.58. The van der Waals surface area contributed by atoms with Crippen LogP contribution in [0.15, 0.2) is 70.4 Å². The summed E-state index contributed by atoms with van der Waals surface area (Å²) in [6.45, 7) is 16.2. The summed E-state index contributed by atoms with van der Waals surface area (Å²) < 4.78 is 49.1. The molecule has 5 aliphatic rings. The van der Waals surface area contributed by atoms with Gasteiger partial charge in [0.1, 0.15) is 6.54 Å². The summed E-state index contributed by atoms with van der Waals surface area (Å²) in [7, 11) is -16.5. The molecule has 6 atom stereocenters. The van der Waals surface area contributed by atoms with Crippen molar-refractivity contribution in [1.82, 2.24) is 24.3 Å². The Bertz CT molecular complexity index is 3600. The molecule has 0 spiro atoms. The van der Waals surface area contributed by atoms with E-state index in [0.717, 1.165) is 65.4 Å². The number of phosphoric ester groups is 1. The fraction of sp³-hybridized carbons (Fsp3) is 0.473. The smallest absolute Gasteiger partial charge is 0.328 e. The number of benzene rings is 3. The van der Waals surface area contributed by atoms with Crippen LogP contribution in [0.4, 0.5) is 5.69 Å². The van der Waals surface area contributed by atoms with Crippen molar-refractivity contribution >= 4 is 58.7 Å². The van der Waals surface area contributed by atoms with Gasteiger partial charge in [-0.15, -0.1) is 0 Å². The number of aliphatic hydroxyl groups is 1. The Hall–Kier alpha value is -5.40. The Morgan fingerprint density at radius 1 is 1.01 bits per heavy atom. The SMILES string of the molecule is CCN1c2cc3c(cc2C(C)CC1(C)C)C(c1ccccc1C(=O)N(C)CCCC(=O)NC/C=C/c1cn([C@@H]2C[C@H](COP(=O)([O-])OP(=O)([O-])OP(=O)([O-])[O-])[C@@H](O)C2)c(=O)[nH]c1=O)=c1cc2c4c(c1C3(C)C)CCC[N+]=4CC=C2. The van der Waals surface area contributed by atoms with Crippen molar-refractivity contribution in [2.45, 2.75) is 116 Å². The van der Waals surface area contributed by atoms with Gasteiger partial charge in [-0.05, 0) is 134 Å². The highest BCUT2D eigenvalue weighted by molar-refractivity contribution is 7.64. The molecule has 0 bridgehead atoms. The van der Waals surface area contributed by atoms with Gasteiger partial charge in [0, 0.05) is 91.0 Å². The molecule has 3 aromatic carbocycles. The first kappa shape index (κ1) is 58.3. The van der Waals surface area contributed by atoms with E-state index in [0.29, 0.717) is 17.9 Å². The molecule has 0 saturated heterocycles. The number of aromatic amines is 1. The van der Waals surface area contributed by atoms with Crippen molar-refractivity contribution in [2.24, 2.45) is 5.92 Å². The minimum Gasteiger partial charge on any atom is -0.790 e. The molecule has 4 aromatic rings. The van der Waals surface area contributed by atoms with Crippen LogP contribution in [0.5, 0.6) is 0 Å². The van der Waals surface area contributed by atoms with E-state index in [4.69, 9.17) is 0 Å². The predicted molar refractivity (Wildman–Crippen MR) is 289 cm³/mol. The van der Waals surface area contributed by atoms with Crippen LogP contribution in [0.3, 0.4) is 0 Å². The number of nitrogens with zero attached hydrogens (tertiary/aromatic N) is 4. The number of rotatable bonds is 18. The number of aromatic nitrogens is 2. The molecule has 1 aromatic heterocycles. The van der Waals surface area contributed by atoms with Crippen molar-refractivity contribution < 1.29 is 61.1 Å². The number of hydrogen-bond acceptors (Lipinski definition) is 16. The minimum absolute atomic E-state index is 0.00821. The third-order valence-electron chi connectivity index (χ3n) is 16.2. The van der Waals surface area contributed by atoms with Gasteiger partial charge in [0.05, 0.1) is 26.1 Å². The predicted octanol–water partition coefficient (Wildman–Crippen LogP) is 2.81. The number of amides is 2. The van der Waals surface area contributed by atoms with Crippen LogP contribution >= 0.6 is 23.5 Å². The third kappa shape index (κ3) is 12.0. The normalized spacial score (nSPS) is 22.4. The van der Waals surface area contributed by atoms with Gasteiger partial charge in [-0.1, -0.05) is 51.1 Å². The van der Waals surface area contributed by atoms with Crippen molar-refractivity contribution in [3.8, 4) is 0 Å². The van der Waals surface area contributed by atoms with Gasteiger partial charge in [0.25, 0.3) is 27.1 Å². The van der Waals surface area contributed by atoms with Gasteiger partial charge in [-0.25, -0.2) is 13.7 Å². The minimum atomic E-state index is -6.19. The Labute approximate surface area is 457 Å². The van der Waals surface area contributed by atoms with E-state index in [9.17, 15) is 57.6 Å². The topological polar surface area (TPSA) is 302 Å². The molecular formula is C55H66N6O15P3-3. The molecule has 424 valence electrons. The van der Waals surface area contributed by atoms with Crippen LogP contribution in [0, 0.1) is 5.92 Å². The van der Waals surface area contributed by atoms with Crippen molar-refractivity contribution in [3.05, 3.63) is 142 Å². The maximum absolute atomic E-state index is 14.8. The molecule has 4 heterocycles. The molecule has 2 amide bonds. The number of hydrogen-bond donors (Lipinski definition) is 3. The van der Waals surface area contributed by atoms with E-state index < -0.39 is 59.4 Å². The van der Waals surface area contributed by atoms with Gasteiger partial charge < -0.3 is 48.9 Å². The molecule has 3 aliphatic heterocycles. The molecule has 0 radical (unpaired) electrons. The van der Waals surface area contributed by atoms with E-state index in [1.807, 2.05) is 18.2 Å². The largest absolute Gasteiger partial charge is 0.790 e. The molecule has 3 unspecified atom stereocenters. The molecule has 24 heteroatoms. The van der Waals surface area contributed by atoms with Crippen molar-refractivity contribution in [1.29, 1.82) is 0 Å². The van der Waals surface area contributed by atoms with Gasteiger partial charge in [-0.3, -0.25) is 37.4 Å². The lowest BCUT2D eigenvalue weighted by atomic mass is 9.65. The van der Waals surface area contributed by atoms with Crippen molar-refractivity contribution in [3.63, 3.8) is 0 Å². The lowest BCUT2D eigenvalue weighted by molar-refractivity contribution is -0.339. The first-order valence-corrected chi connectivity index (χ1v) is 31.0. The van der Waals surface area contributed by atoms with Gasteiger partial charge in [0.15, 0.2) is 6.54 Å². The Kier molecular flexibility index (Phi) is 16.3. The Balaban J connectivity index is 0.882. The molecule has 9 rings (SSSR count). The Morgan fingerprint density at radius 2 is 1.76 bits per heavy atom. The molecule has 1 fully saturated rings. The highest BCUT2D eigenvalue weighted by atomic mass is 31.3. The summed E-state index contributed by atoms with van der Waals surface area (Å²) >= 11 is 0. The van der Waals surface area contributed by atoms with Gasteiger partial charge in [0.2, 0.25) is 11.3 Å². The zero-order valence-electron chi connectivity index (χ0n) is 45.2. The summed E-state index contributed by atoms with van der Waals surface area (Å²) in [5, 5.41) is 15.9. The third-order valence-corrected chi connectivity index (χ3v) is 19.8. The highest BCUT2D eigenvalue weighted by Crippen LogP contribution is 2.61.